The van der Waals surface area contributed by atoms with Gasteiger partial charge in [-0.15, -0.1) is 11.3 Å². The van der Waals surface area contributed by atoms with Crippen molar-refractivity contribution in [2.75, 3.05) is 31.1 Å². The van der Waals surface area contributed by atoms with E-state index in [4.69, 9.17) is 0 Å². The van der Waals surface area contributed by atoms with E-state index in [-0.39, 0.29) is 11.7 Å². The van der Waals surface area contributed by atoms with Crippen LogP contribution in [0.4, 0.5) is 10.3 Å². The molecule has 152 valence electrons. The molecule has 1 amide bonds. The van der Waals surface area contributed by atoms with Crippen LogP contribution in [0.25, 0.3) is 15.9 Å². The molecule has 1 saturated heterocycles. The van der Waals surface area contributed by atoms with Crippen molar-refractivity contribution >= 4 is 33.4 Å². The van der Waals surface area contributed by atoms with Gasteiger partial charge in [-0.2, -0.15) is 5.10 Å². The molecule has 0 N–H and O–H groups in total. The number of nitrogens with zero attached hydrogens (tertiary/aromatic N) is 6. The summed E-state index contributed by atoms with van der Waals surface area (Å²) in [6.07, 6.45) is 3.45. The Morgan fingerprint density at radius 2 is 1.77 bits per heavy atom. The molecule has 0 aliphatic carbocycles. The average molecular weight is 422 g/mol. The maximum Gasteiger partial charge on any atom is 0.264 e. The minimum atomic E-state index is -0.291. The molecule has 30 heavy (non-hydrogen) atoms. The van der Waals surface area contributed by atoms with Gasteiger partial charge >= 0.3 is 0 Å². The zero-order valence-corrected chi connectivity index (χ0v) is 17.1. The number of benzene rings is 1. The lowest BCUT2D eigenvalue weighted by molar-refractivity contribution is 0.0751. The second-order valence-electron chi connectivity index (χ2n) is 7.13. The van der Waals surface area contributed by atoms with Crippen LogP contribution in [-0.2, 0) is 0 Å². The first kappa shape index (κ1) is 18.7. The molecule has 1 aliphatic rings. The number of piperazine rings is 1. The summed E-state index contributed by atoms with van der Waals surface area (Å²) in [5.74, 6) is 0.428. The summed E-state index contributed by atoms with van der Waals surface area (Å²) < 4.78 is 15.1. The Morgan fingerprint density at radius 1 is 1.07 bits per heavy atom. The number of amides is 1. The Balaban J connectivity index is 1.37. The number of halogens is 1. The minimum absolute atomic E-state index is 0.0230. The smallest absolute Gasteiger partial charge is 0.264 e. The first-order valence-corrected chi connectivity index (χ1v) is 10.5. The van der Waals surface area contributed by atoms with Gasteiger partial charge in [-0.05, 0) is 43.3 Å². The lowest BCUT2D eigenvalue weighted by Crippen LogP contribution is -2.49. The molecule has 1 aromatic carbocycles. The Labute approximate surface area is 176 Å². The third-order valence-electron chi connectivity index (χ3n) is 5.23. The normalized spacial score (nSPS) is 14.5. The summed E-state index contributed by atoms with van der Waals surface area (Å²) in [6, 6.07) is 9.90. The van der Waals surface area contributed by atoms with E-state index in [0.29, 0.717) is 37.0 Å². The van der Waals surface area contributed by atoms with E-state index in [1.807, 2.05) is 17.9 Å². The Morgan fingerprint density at radius 3 is 2.47 bits per heavy atom. The van der Waals surface area contributed by atoms with Crippen molar-refractivity contribution in [1.82, 2.24) is 24.6 Å². The van der Waals surface area contributed by atoms with Crippen molar-refractivity contribution in [3.05, 3.63) is 65.2 Å². The predicted molar refractivity (Wildman–Crippen MR) is 114 cm³/mol. The Hall–Kier alpha value is -3.33. The zero-order valence-electron chi connectivity index (χ0n) is 16.3. The summed E-state index contributed by atoms with van der Waals surface area (Å²) >= 11 is 1.42. The maximum atomic E-state index is 13.3. The number of fused-ring (bicyclic) bond motifs is 1. The lowest BCUT2D eigenvalue weighted by atomic mass is 10.2. The predicted octanol–water partition coefficient (Wildman–Crippen LogP) is 3.29. The van der Waals surface area contributed by atoms with E-state index < -0.39 is 0 Å². The maximum absolute atomic E-state index is 13.3. The van der Waals surface area contributed by atoms with Crippen molar-refractivity contribution in [3.8, 4) is 5.69 Å². The molecule has 0 unspecified atom stereocenters. The molecule has 1 fully saturated rings. The highest BCUT2D eigenvalue weighted by molar-refractivity contribution is 7.20. The van der Waals surface area contributed by atoms with Gasteiger partial charge in [-0.1, -0.05) is 0 Å². The molecule has 1 aliphatic heterocycles. The van der Waals surface area contributed by atoms with E-state index in [0.717, 1.165) is 21.6 Å². The highest BCUT2D eigenvalue weighted by Gasteiger charge is 2.26. The van der Waals surface area contributed by atoms with Gasteiger partial charge in [-0.3, -0.25) is 4.79 Å². The van der Waals surface area contributed by atoms with Gasteiger partial charge in [0.25, 0.3) is 5.91 Å². The molecule has 0 radical (unpaired) electrons. The van der Waals surface area contributed by atoms with Crippen molar-refractivity contribution in [1.29, 1.82) is 0 Å². The van der Waals surface area contributed by atoms with E-state index in [2.05, 4.69) is 20.0 Å². The first-order chi connectivity index (χ1) is 14.6. The van der Waals surface area contributed by atoms with Crippen molar-refractivity contribution in [2.45, 2.75) is 6.92 Å². The van der Waals surface area contributed by atoms with E-state index in [1.54, 1.807) is 35.3 Å². The number of aromatic nitrogens is 4. The van der Waals surface area contributed by atoms with Crippen molar-refractivity contribution < 1.29 is 9.18 Å². The van der Waals surface area contributed by atoms with Crippen LogP contribution in [0.2, 0.25) is 0 Å². The van der Waals surface area contributed by atoms with Crippen LogP contribution in [0.15, 0.2) is 48.8 Å². The first-order valence-electron chi connectivity index (χ1n) is 9.66. The van der Waals surface area contributed by atoms with E-state index in [9.17, 15) is 9.18 Å². The number of carbonyl (C=O) groups excluding carboxylic acids is 1. The van der Waals surface area contributed by atoms with Crippen LogP contribution < -0.4 is 4.90 Å². The largest absolute Gasteiger partial charge is 0.337 e. The number of aryl methyl sites for hydroxylation is 1. The summed E-state index contributed by atoms with van der Waals surface area (Å²) in [6.45, 7) is 4.55. The van der Waals surface area contributed by atoms with Crippen LogP contribution in [0, 0.1) is 12.7 Å². The molecule has 0 bridgehead atoms. The quantitative estimate of drug-likeness (QED) is 0.507. The van der Waals surface area contributed by atoms with Crippen LogP contribution in [0.5, 0.6) is 0 Å². The number of hydrogen-bond acceptors (Lipinski definition) is 6. The van der Waals surface area contributed by atoms with Crippen LogP contribution >= 0.6 is 11.3 Å². The second-order valence-corrected chi connectivity index (χ2v) is 8.16. The zero-order chi connectivity index (χ0) is 20.7. The monoisotopic (exact) mass is 422 g/mol. The van der Waals surface area contributed by atoms with Gasteiger partial charge in [-0.25, -0.2) is 19.0 Å². The molecule has 9 heteroatoms. The van der Waals surface area contributed by atoms with E-state index >= 15 is 0 Å². The van der Waals surface area contributed by atoms with Crippen LogP contribution in [-0.4, -0.2) is 56.7 Å². The molecule has 5 rings (SSSR count). The standard InChI is InChI=1S/C21H19FN6OS/c1-14-17-13-18(30-20(17)28(25-14)16-5-3-15(22)4-6-16)19(29)26-9-11-27(12-10-26)21-23-7-2-8-24-21/h2-8,13H,9-12H2,1H3. The molecule has 0 spiro atoms. The molecule has 7 nitrogen and oxygen atoms in total. The highest BCUT2D eigenvalue weighted by Crippen LogP contribution is 2.31. The molecule has 0 atom stereocenters. The number of carbonyl (C=O) groups is 1. The van der Waals surface area contributed by atoms with Gasteiger partial charge in [0, 0.05) is 44.0 Å². The Kier molecular flexibility index (Phi) is 4.66. The summed E-state index contributed by atoms with van der Waals surface area (Å²) in [4.78, 5) is 27.2. The van der Waals surface area contributed by atoms with E-state index in [1.165, 1.54) is 23.5 Å². The third-order valence-corrected chi connectivity index (χ3v) is 6.33. The average Bonchev–Trinajstić information content (AvgIpc) is 3.35. The SMILES string of the molecule is Cc1nn(-c2ccc(F)cc2)c2sc(C(=O)N3CCN(c4ncccn4)CC3)cc12. The molecule has 0 saturated carbocycles. The molecular formula is C21H19FN6OS. The molecule has 4 heterocycles. The lowest BCUT2D eigenvalue weighted by Gasteiger charge is -2.34. The number of rotatable bonds is 3. The fourth-order valence-corrected chi connectivity index (χ4v) is 4.78. The van der Waals surface area contributed by atoms with Gasteiger partial charge in [0.1, 0.15) is 10.6 Å². The molecule has 3 aromatic heterocycles. The Bertz CT molecular complexity index is 1200. The van der Waals surface area contributed by atoms with Gasteiger partial charge < -0.3 is 9.80 Å². The summed E-state index contributed by atoms with van der Waals surface area (Å²) in [5, 5.41) is 5.51. The van der Waals surface area contributed by atoms with Crippen LogP contribution in [0.1, 0.15) is 15.4 Å². The number of hydrogen-bond donors (Lipinski definition) is 0. The summed E-state index contributed by atoms with van der Waals surface area (Å²) in [5.41, 5.74) is 1.61. The van der Waals surface area contributed by atoms with Crippen LogP contribution in [0.3, 0.4) is 0 Å². The fraction of sp³-hybridized carbons (Fsp3) is 0.238. The third kappa shape index (κ3) is 3.30. The highest BCUT2D eigenvalue weighted by atomic mass is 32.1. The molecule has 4 aromatic rings. The topological polar surface area (TPSA) is 67.2 Å². The number of anilines is 1. The minimum Gasteiger partial charge on any atom is -0.337 e. The van der Waals surface area contributed by atoms with Gasteiger partial charge in [0.2, 0.25) is 5.95 Å². The van der Waals surface area contributed by atoms with Gasteiger partial charge in [0.15, 0.2) is 0 Å². The summed E-state index contributed by atoms with van der Waals surface area (Å²) in [7, 11) is 0. The molecular weight excluding hydrogens is 403 g/mol. The second kappa shape index (κ2) is 7.49. The van der Waals surface area contributed by atoms with Crippen molar-refractivity contribution in [3.63, 3.8) is 0 Å². The fourth-order valence-electron chi connectivity index (χ4n) is 3.63. The van der Waals surface area contributed by atoms with Crippen molar-refractivity contribution in [2.24, 2.45) is 0 Å². The number of thiophene rings is 1. The van der Waals surface area contributed by atoms with Gasteiger partial charge in [0.05, 0.1) is 16.3 Å².